The first-order valence-corrected chi connectivity index (χ1v) is 5.47. The van der Waals surface area contributed by atoms with Gasteiger partial charge in [-0.25, -0.2) is 0 Å². The molecular weight excluding hydrogens is 192 g/mol. The molecule has 15 heavy (non-hydrogen) atoms. The Kier molecular flexibility index (Phi) is 5.36. The summed E-state index contributed by atoms with van der Waals surface area (Å²) in [6.45, 7) is 6.70. The molecule has 1 unspecified atom stereocenters. The van der Waals surface area contributed by atoms with Gasteiger partial charge in [0.2, 0.25) is 5.91 Å². The van der Waals surface area contributed by atoms with Gasteiger partial charge in [-0.3, -0.25) is 9.69 Å². The Bertz CT molecular complexity index is 219. The van der Waals surface area contributed by atoms with Crippen molar-refractivity contribution in [3.05, 3.63) is 12.7 Å². The van der Waals surface area contributed by atoms with Crippen LogP contribution >= 0.6 is 0 Å². The van der Waals surface area contributed by atoms with E-state index in [1.165, 1.54) is 0 Å². The van der Waals surface area contributed by atoms with Crippen LogP contribution in [0.5, 0.6) is 0 Å². The van der Waals surface area contributed by atoms with Crippen LogP contribution in [0.15, 0.2) is 12.7 Å². The largest absolute Gasteiger partial charge is 0.396 e. The summed E-state index contributed by atoms with van der Waals surface area (Å²) in [5, 5.41) is 11.6. The lowest BCUT2D eigenvalue weighted by atomic mass is 10.1. The quantitative estimate of drug-likeness (QED) is 0.609. The fourth-order valence-electron chi connectivity index (χ4n) is 1.92. The maximum atomic E-state index is 11.4. The first kappa shape index (κ1) is 12.2. The molecule has 4 heteroatoms. The molecule has 1 heterocycles. The molecule has 0 aromatic carbocycles. The summed E-state index contributed by atoms with van der Waals surface area (Å²) in [5.41, 5.74) is 0. The number of nitrogens with one attached hydrogen (secondary N) is 1. The number of aliphatic hydroxyl groups is 1. The minimum Gasteiger partial charge on any atom is -0.396 e. The first-order chi connectivity index (χ1) is 7.26. The second-order valence-electron chi connectivity index (χ2n) is 3.99. The van der Waals surface area contributed by atoms with E-state index < -0.39 is 0 Å². The highest BCUT2D eigenvalue weighted by Crippen LogP contribution is 2.18. The summed E-state index contributed by atoms with van der Waals surface area (Å²) in [5.74, 6) is 0.613. The Morgan fingerprint density at radius 3 is 3.13 bits per heavy atom. The van der Waals surface area contributed by atoms with Crippen LogP contribution in [-0.4, -0.2) is 48.7 Å². The van der Waals surface area contributed by atoms with Crippen molar-refractivity contribution in [2.75, 3.05) is 32.8 Å². The average molecular weight is 212 g/mol. The van der Waals surface area contributed by atoms with Crippen molar-refractivity contribution < 1.29 is 9.90 Å². The summed E-state index contributed by atoms with van der Waals surface area (Å²) in [6, 6.07) is 0. The third-order valence-electron chi connectivity index (χ3n) is 2.72. The Morgan fingerprint density at radius 1 is 1.67 bits per heavy atom. The van der Waals surface area contributed by atoms with Gasteiger partial charge in [0.15, 0.2) is 0 Å². The third-order valence-corrected chi connectivity index (χ3v) is 2.72. The van der Waals surface area contributed by atoms with E-state index in [1.807, 2.05) is 0 Å². The van der Waals surface area contributed by atoms with E-state index in [-0.39, 0.29) is 12.5 Å². The fraction of sp³-hybridized carbons (Fsp3) is 0.727. The number of carbonyl (C=O) groups is 1. The van der Waals surface area contributed by atoms with Gasteiger partial charge in [0, 0.05) is 19.7 Å². The molecule has 0 aromatic rings. The number of amides is 1. The maximum Gasteiger partial charge on any atom is 0.234 e. The number of nitrogens with zero attached hydrogens (tertiary/aromatic N) is 1. The molecule has 1 aliphatic heterocycles. The number of hydrogen-bond donors (Lipinski definition) is 2. The van der Waals surface area contributed by atoms with Crippen LogP contribution in [0, 0.1) is 5.92 Å². The van der Waals surface area contributed by atoms with Crippen molar-refractivity contribution in [1.29, 1.82) is 0 Å². The van der Waals surface area contributed by atoms with Gasteiger partial charge in [-0.1, -0.05) is 6.08 Å². The number of rotatable bonds is 6. The van der Waals surface area contributed by atoms with Crippen LogP contribution in [0.2, 0.25) is 0 Å². The molecule has 1 aliphatic rings. The molecule has 1 rings (SSSR count). The van der Waals surface area contributed by atoms with Gasteiger partial charge in [0.25, 0.3) is 0 Å². The van der Waals surface area contributed by atoms with Crippen molar-refractivity contribution in [3.8, 4) is 0 Å². The SMILES string of the molecule is C=CCNC(=O)CN1CCC(CCO)C1. The number of carbonyl (C=O) groups excluding carboxylic acids is 1. The van der Waals surface area contributed by atoms with Crippen LogP contribution in [0.4, 0.5) is 0 Å². The number of likely N-dealkylation sites (tertiary alicyclic amines) is 1. The van der Waals surface area contributed by atoms with E-state index in [4.69, 9.17) is 5.11 Å². The minimum absolute atomic E-state index is 0.0551. The number of hydrogen-bond acceptors (Lipinski definition) is 3. The summed E-state index contributed by atoms with van der Waals surface area (Å²) < 4.78 is 0. The fourth-order valence-corrected chi connectivity index (χ4v) is 1.92. The Hall–Kier alpha value is -0.870. The Labute approximate surface area is 91.0 Å². The smallest absolute Gasteiger partial charge is 0.234 e. The van der Waals surface area contributed by atoms with Crippen molar-refractivity contribution in [1.82, 2.24) is 10.2 Å². The molecule has 4 nitrogen and oxygen atoms in total. The molecule has 0 aromatic heterocycles. The molecule has 0 radical (unpaired) electrons. The molecule has 0 bridgehead atoms. The molecular formula is C11H20N2O2. The topological polar surface area (TPSA) is 52.6 Å². The van der Waals surface area contributed by atoms with Gasteiger partial charge in [-0.15, -0.1) is 6.58 Å². The monoisotopic (exact) mass is 212 g/mol. The van der Waals surface area contributed by atoms with E-state index in [9.17, 15) is 4.79 Å². The van der Waals surface area contributed by atoms with Crippen LogP contribution in [-0.2, 0) is 4.79 Å². The molecule has 1 amide bonds. The minimum atomic E-state index is 0.0551. The van der Waals surface area contributed by atoms with Crippen molar-refractivity contribution in [2.24, 2.45) is 5.92 Å². The van der Waals surface area contributed by atoms with Gasteiger partial charge in [0.05, 0.1) is 6.54 Å². The molecule has 0 spiro atoms. The summed E-state index contributed by atoms with van der Waals surface area (Å²) in [6.07, 6.45) is 3.62. The van der Waals surface area contributed by atoms with Gasteiger partial charge in [0.1, 0.15) is 0 Å². The van der Waals surface area contributed by atoms with E-state index in [0.717, 1.165) is 25.9 Å². The molecule has 2 N–H and O–H groups in total. The van der Waals surface area contributed by atoms with Gasteiger partial charge in [-0.2, -0.15) is 0 Å². The van der Waals surface area contributed by atoms with E-state index in [2.05, 4.69) is 16.8 Å². The van der Waals surface area contributed by atoms with Crippen molar-refractivity contribution in [3.63, 3.8) is 0 Å². The van der Waals surface area contributed by atoms with Gasteiger partial charge in [-0.05, 0) is 25.3 Å². The van der Waals surface area contributed by atoms with Crippen LogP contribution in [0.3, 0.4) is 0 Å². The predicted molar refractivity (Wildman–Crippen MR) is 59.5 cm³/mol. The molecule has 1 fully saturated rings. The van der Waals surface area contributed by atoms with Crippen LogP contribution in [0.1, 0.15) is 12.8 Å². The molecule has 0 aliphatic carbocycles. The van der Waals surface area contributed by atoms with E-state index >= 15 is 0 Å². The average Bonchev–Trinajstić information content (AvgIpc) is 2.63. The Balaban J connectivity index is 2.17. The first-order valence-electron chi connectivity index (χ1n) is 5.47. The lowest BCUT2D eigenvalue weighted by Gasteiger charge is -2.14. The number of aliphatic hydroxyl groups excluding tert-OH is 1. The Morgan fingerprint density at radius 2 is 2.47 bits per heavy atom. The zero-order valence-corrected chi connectivity index (χ0v) is 9.11. The zero-order chi connectivity index (χ0) is 11.1. The second-order valence-corrected chi connectivity index (χ2v) is 3.99. The highest BCUT2D eigenvalue weighted by Gasteiger charge is 2.23. The zero-order valence-electron chi connectivity index (χ0n) is 9.11. The third kappa shape index (κ3) is 4.44. The van der Waals surface area contributed by atoms with Crippen molar-refractivity contribution in [2.45, 2.75) is 12.8 Å². The summed E-state index contributed by atoms with van der Waals surface area (Å²) in [4.78, 5) is 13.5. The summed E-state index contributed by atoms with van der Waals surface area (Å²) in [7, 11) is 0. The van der Waals surface area contributed by atoms with E-state index in [1.54, 1.807) is 6.08 Å². The van der Waals surface area contributed by atoms with Crippen LogP contribution in [0.25, 0.3) is 0 Å². The summed E-state index contributed by atoms with van der Waals surface area (Å²) >= 11 is 0. The van der Waals surface area contributed by atoms with Crippen LogP contribution < -0.4 is 5.32 Å². The predicted octanol–water partition coefficient (Wildman–Crippen LogP) is -0.00710. The highest BCUT2D eigenvalue weighted by molar-refractivity contribution is 5.78. The van der Waals surface area contributed by atoms with Gasteiger partial charge < -0.3 is 10.4 Å². The molecule has 86 valence electrons. The van der Waals surface area contributed by atoms with Crippen molar-refractivity contribution >= 4 is 5.91 Å². The molecule has 1 atom stereocenters. The normalized spacial score (nSPS) is 21.5. The molecule has 1 saturated heterocycles. The lowest BCUT2D eigenvalue weighted by molar-refractivity contribution is -0.121. The standard InChI is InChI=1S/C11H20N2O2/c1-2-5-12-11(15)9-13-6-3-10(8-13)4-7-14/h2,10,14H,1,3-9H2,(H,12,15). The lowest BCUT2D eigenvalue weighted by Crippen LogP contribution is -2.36. The second kappa shape index (κ2) is 6.58. The van der Waals surface area contributed by atoms with Gasteiger partial charge >= 0.3 is 0 Å². The molecule has 0 saturated carbocycles. The maximum absolute atomic E-state index is 11.4. The van der Waals surface area contributed by atoms with E-state index in [0.29, 0.717) is 19.0 Å². The highest BCUT2D eigenvalue weighted by atomic mass is 16.3.